The molecule has 1 aliphatic rings. The summed E-state index contributed by atoms with van der Waals surface area (Å²) >= 11 is 3.12. The number of hydrogen-bond donors (Lipinski definition) is 0. The van der Waals surface area contributed by atoms with Crippen molar-refractivity contribution in [2.75, 3.05) is 19.3 Å². The molecule has 0 amide bonds. The third-order valence-electron chi connectivity index (χ3n) is 4.14. The van der Waals surface area contributed by atoms with Crippen LogP contribution in [0.4, 0.5) is 0 Å². The van der Waals surface area contributed by atoms with Gasteiger partial charge in [-0.3, -0.25) is 4.79 Å². The number of likely N-dealkylation sites (N-methyl/N-ethyl adjacent to an activating group) is 1. The Morgan fingerprint density at radius 1 is 1.32 bits per heavy atom. The van der Waals surface area contributed by atoms with Crippen LogP contribution >= 0.6 is 23.1 Å². The monoisotopic (exact) mass is 370 g/mol. The first-order valence-corrected chi connectivity index (χ1v) is 9.95. The third kappa shape index (κ3) is 3.53. The standard InChI is InChI=1S/C18H18N4OS2/c1-21-10-9-15-14(12-21)16(23)22-17(19-15)25-18(20-22)24-11-5-8-13-6-3-2-4-7-13/h2-8H,9-12H2,1H3. The van der Waals surface area contributed by atoms with E-state index in [-0.39, 0.29) is 5.56 Å². The van der Waals surface area contributed by atoms with Crippen molar-refractivity contribution in [2.45, 2.75) is 17.3 Å². The van der Waals surface area contributed by atoms with E-state index in [0.717, 1.165) is 34.3 Å². The molecule has 25 heavy (non-hydrogen) atoms. The number of hydrogen-bond acceptors (Lipinski definition) is 6. The minimum absolute atomic E-state index is 0.0190. The second kappa shape index (κ2) is 7.11. The highest BCUT2D eigenvalue weighted by atomic mass is 32.2. The highest BCUT2D eigenvalue weighted by Gasteiger charge is 2.21. The summed E-state index contributed by atoms with van der Waals surface area (Å²) in [7, 11) is 2.03. The third-order valence-corrected chi connectivity index (χ3v) is 6.14. The first kappa shape index (κ1) is 16.5. The summed E-state index contributed by atoms with van der Waals surface area (Å²) in [6.07, 6.45) is 5.04. The smallest absolute Gasteiger partial charge is 0.279 e. The van der Waals surface area contributed by atoms with Crippen LogP contribution in [0.25, 0.3) is 11.0 Å². The number of nitrogens with zero attached hydrogens (tertiary/aromatic N) is 4. The van der Waals surface area contributed by atoms with E-state index in [2.05, 4.69) is 39.3 Å². The minimum Gasteiger partial charge on any atom is -0.301 e. The molecule has 128 valence electrons. The van der Waals surface area contributed by atoms with Gasteiger partial charge in [0.2, 0.25) is 4.96 Å². The van der Waals surface area contributed by atoms with Gasteiger partial charge >= 0.3 is 0 Å². The highest BCUT2D eigenvalue weighted by Crippen LogP contribution is 2.25. The van der Waals surface area contributed by atoms with E-state index in [1.807, 2.05) is 25.2 Å². The van der Waals surface area contributed by atoms with Crippen LogP contribution in [0.1, 0.15) is 16.8 Å². The van der Waals surface area contributed by atoms with Crippen molar-refractivity contribution < 1.29 is 0 Å². The molecular formula is C18H18N4OS2. The van der Waals surface area contributed by atoms with Gasteiger partial charge in [0.25, 0.3) is 5.56 Å². The van der Waals surface area contributed by atoms with Crippen molar-refractivity contribution in [1.29, 1.82) is 0 Å². The summed E-state index contributed by atoms with van der Waals surface area (Å²) < 4.78 is 2.34. The zero-order valence-corrected chi connectivity index (χ0v) is 15.5. The molecule has 3 heterocycles. The van der Waals surface area contributed by atoms with Crippen LogP contribution in [0.2, 0.25) is 0 Å². The number of aromatic nitrogens is 3. The molecule has 0 fully saturated rings. The topological polar surface area (TPSA) is 50.5 Å². The van der Waals surface area contributed by atoms with E-state index in [1.54, 1.807) is 11.8 Å². The molecule has 0 N–H and O–H groups in total. The number of benzene rings is 1. The van der Waals surface area contributed by atoms with Crippen molar-refractivity contribution >= 4 is 34.1 Å². The molecule has 0 spiro atoms. The molecule has 0 bridgehead atoms. The Morgan fingerprint density at radius 2 is 2.16 bits per heavy atom. The summed E-state index contributed by atoms with van der Waals surface area (Å²) in [4.78, 5) is 20.2. The van der Waals surface area contributed by atoms with E-state index < -0.39 is 0 Å². The Kier molecular flexibility index (Phi) is 4.70. The predicted octanol–water partition coefficient (Wildman–Crippen LogP) is 2.94. The molecule has 3 aromatic rings. The summed E-state index contributed by atoms with van der Waals surface area (Å²) in [6.45, 7) is 1.60. The molecule has 5 nitrogen and oxygen atoms in total. The van der Waals surface area contributed by atoms with Crippen LogP contribution in [0.15, 0.2) is 45.5 Å². The Balaban J connectivity index is 1.53. The second-order valence-electron chi connectivity index (χ2n) is 6.02. The first-order chi connectivity index (χ1) is 12.2. The van der Waals surface area contributed by atoms with Crippen LogP contribution in [0.5, 0.6) is 0 Å². The van der Waals surface area contributed by atoms with Crippen molar-refractivity contribution in [3.05, 3.63) is 63.6 Å². The maximum atomic E-state index is 12.7. The molecule has 0 aliphatic carbocycles. The first-order valence-electron chi connectivity index (χ1n) is 8.15. The molecule has 0 atom stereocenters. The van der Waals surface area contributed by atoms with Crippen molar-refractivity contribution in [3.63, 3.8) is 0 Å². The van der Waals surface area contributed by atoms with Gasteiger partial charge in [-0.1, -0.05) is 65.6 Å². The van der Waals surface area contributed by atoms with Gasteiger partial charge in [0.05, 0.1) is 11.3 Å². The summed E-state index contributed by atoms with van der Waals surface area (Å²) in [5.74, 6) is 0.811. The zero-order chi connectivity index (χ0) is 17.2. The molecule has 1 aliphatic heterocycles. The van der Waals surface area contributed by atoms with Gasteiger partial charge in [0.15, 0.2) is 4.34 Å². The SMILES string of the molecule is CN1CCc2nc3sc(SCC=Cc4ccccc4)nn3c(=O)c2C1. The van der Waals surface area contributed by atoms with Crippen molar-refractivity contribution in [1.82, 2.24) is 19.5 Å². The van der Waals surface area contributed by atoms with Crippen LogP contribution in [-0.2, 0) is 13.0 Å². The lowest BCUT2D eigenvalue weighted by Gasteiger charge is -2.22. The highest BCUT2D eigenvalue weighted by molar-refractivity contribution is 8.01. The molecule has 4 rings (SSSR count). The number of rotatable bonds is 4. The largest absolute Gasteiger partial charge is 0.301 e. The molecule has 1 aromatic carbocycles. The normalized spacial score (nSPS) is 15.1. The van der Waals surface area contributed by atoms with E-state index in [0.29, 0.717) is 11.5 Å². The van der Waals surface area contributed by atoms with Crippen LogP contribution in [0, 0.1) is 0 Å². The van der Waals surface area contributed by atoms with Gasteiger partial charge in [-0.2, -0.15) is 4.52 Å². The molecule has 0 unspecified atom stereocenters. The van der Waals surface area contributed by atoms with Gasteiger partial charge in [-0.15, -0.1) is 5.10 Å². The van der Waals surface area contributed by atoms with Gasteiger partial charge in [-0.05, 0) is 12.6 Å². The number of fused-ring (bicyclic) bond motifs is 2. The van der Waals surface area contributed by atoms with Crippen molar-refractivity contribution in [3.8, 4) is 0 Å². The molecule has 7 heteroatoms. The number of thioether (sulfide) groups is 1. The molecule has 2 aromatic heterocycles. The predicted molar refractivity (Wildman–Crippen MR) is 103 cm³/mol. The Hall–Kier alpha value is -1.96. The van der Waals surface area contributed by atoms with Crippen LogP contribution < -0.4 is 5.56 Å². The van der Waals surface area contributed by atoms with Gasteiger partial charge in [-0.25, -0.2) is 4.98 Å². The lowest BCUT2D eigenvalue weighted by molar-refractivity contribution is 0.307. The fraction of sp³-hybridized carbons (Fsp3) is 0.278. The van der Waals surface area contributed by atoms with Crippen molar-refractivity contribution in [2.24, 2.45) is 0 Å². The Morgan fingerprint density at radius 3 is 3.00 bits per heavy atom. The van der Waals surface area contributed by atoms with Gasteiger partial charge in [0, 0.05) is 25.3 Å². The van der Waals surface area contributed by atoms with E-state index in [1.165, 1.54) is 21.4 Å². The molecule has 0 saturated heterocycles. The van der Waals surface area contributed by atoms with E-state index >= 15 is 0 Å². The fourth-order valence-electron chi connectivity index (χ4n) is 2.84. The molecule has 0 radical (unpaired) electrons. The van der Waals surface area contributed by atoms with E-state index in [9.17, 15) is 4.79 Å². The lowest BCUT2D eigenvalue weighted by Crippen LogP contribution is -2.34. The summed E-state index contributed by atoms with van der Waals surface area (Å²) in [5, 5.41) is 4.46. The fourth-order valence-corrected chi connectivity index (χ4v) is 4.62. The maximum Gasteiger partial charge on any atom is 0.279 e. The minimum atomic E-state index is -0.0190. The molecule has 0 saturated carbocycles. The van der Waals surface area contributed by atoms with Crippen LogP contribution in [-0.4, -0.2) is 38.8 Å². The Bertz CT molecular complexity index is 978. The van der Waals surface area contributed by atoms with Gasteiger partial charge < -0.3 is 4.90 Å². The maximum absolute atomic E-state index is 12.7. The lowest BCUT2D eigenvalue weighted by atomic mass is 10.1. The Labute approximate surface area is 154 Å². The average Bonchev–Trinajstić information content (AvgIpc) is 3.04. The summed E-state index contributed by atoms with van der Waals surface area (Å²) in [5.41, 5.74) is 2.89. The second-order valence-corrected chi connectivity index (χ2v) is 8.24. The van der Waals surface area contributed by atoms with Crippen LogP contribution in [0.3, 0.4) is 0 Å². The molecular weight excluding hydrogens is 352 g/mol. The summed E-state index contributed by atoms with van der Waals surface area (Å²) in [6, 6.07) is 10.2. The van der Waals surface area contributed by atoms with E-state index in [4.69, 9.17) is 0 Å². The quantitative estimate of drug-likeness (QED) is 0.661. The average molecular weight is 371 g/mol. The zero-order valence-electron chi connectivity index (χ0n) is 13.9. The van der Waals surface area contributed by atoms with Gasteiger partial charge in [0.1, 0.15) is 0 Å².